The van der Waals surface area contributed by atoms with Crippen molar-refractivity contribution in [1.29, 1.82) is 0 Å². The van der Waals surface area contributed by atoms with Gasteiger partial charge in [0.05, 0.1) is 6.20 Å². The minimum absolute atomic E-state index is 0.444. The maximum absolute atomic E-state index is 4.24. The fraction of sp³-hybridized carbons (Fsp3) is 0.769. The molecule has 1 heterocycles. The Kier molecular flexibility index (Phi) is 2.51. The largest absolute Gasteiger partial charge is 0.307 e. The first-order valence-electron chi connectivity index (χ1n) is 6.48. The molecule has 0 spiro atoms. The van der Waals surface area contributed by atoms with Crippen LogP contribution in [0.25, 0.3) is 0 Å². The van der Waals surface area contributed by atoms with Crippen LogP contribution >= 0.6 is 0 Å². The molecule has 0 radical (unpaired) electrons. The van der Waals surface area contributed by atoms with E-state index in [1.54, 1.807) is 0 Å². The van der Waals surface area contributed by atoms with Crippen molar-refractivity contribution in [3.8, 4) is 0 Å². The molecule has 2 aliphatic carbocycles. The third-order valence-corrected chi connectivity index (χ3v) is 3.93. The molecule has 0 bridgehead atoms. The first kappa shape index (κ1) is 10.3. The third-order valence-electron chi connectivity index (χ3n) is 3.93. The second-order valence-electron chi connectivity index (χ2n) is 5.54. The molecule has 0 aromatic carbocycles. The summed E-state index contributed by atoms with van der Waals surface area (Å²) in [5, 5.41) is 8.06. The zero-order valence-corrected chi connectivity index (χ0v) is 10.2. The second kappa shape index (κ2) is 3.88. The lowest BCUT2D eigenvalue weighted by molar-refractivity contribution is 0.377. The summed E-state index contributed by atoms with van der Waals surface area (Å²) in [6.45, 7) is 2.26. The van der Waals surface area contributed by atoms with Gasteiger partial charge in [0.15, 0.2) is 0 Å². The SMILES string of the molecule is CC(NC(C1CC1)C1CC1)c1cnn(C)c1. The van der Waals surface area contributed by atoms with E-state index in [2.05, 4.69) is 23.5 Å². The molecule has 1 aromatic rings. The van der Waals surface area contributed by atoms with Gasteiger partial charge in [-0.05, 0) is 44.4 Å². The molecular formula is C13H21N3. The smallest absolute Gasteiger partial charge is 0.0537 e. The minimum atomic E-state index is 0.444. The Balaban J connectivity index is 1.63. The van der Waals surface area contributed by atoms with Gasteiger partial charge in [-0.1, -0.05) is 0 Å². The molecule has 1 unspecified atom stereocenters. The first-order chi connectivity index (χ1) is 7.74. The molecule has 0 saturated heterocycles. The molecule has 88 valence electrons. The summed E-state index contributed by atoms with van der Waals surface area (Å²) in [4.78, 5) is 0. The Morgan fingerprint density at radius 1 is 1.31 bits per heavy atom. The first-order valence-corrected chi connectivity index (χ1v) is 6.48. The van der Waals surface area contributed by atoms with Crippen molar-refractivity contribution in [3.63, 3.8) is 0 Å². The van der Waals surface area contributed by atoms with E-state index in [-0.39, 0.29) is 0 Å². The highest BCUT2D eigenvalue weighted by Gasteiger charge is 2.41. The number of aromatic nitrogens is 2. The molecule has 2 saturated carbocycles. The Labute approximate surface area is 97.2 Å². The number of rotatable bonds is 5. The Hall–Kier alpha value is -0.830. The molecule has 2 fully saturated rings. The number of hydrogen-bond acceptors (Lipinski definition) is 2. The summed E-state index contributed by atoms with van der Waals surface area (Å²) >= 11 is 0. The van der Waals surface area contributed by atoms with E-state index >= 15 is 0 Å². The maximum atomic E-state index is 4.24. The minimum Gasteiger partial charge on any atom is -0.307 e. The van der Waals surface area contributed by atoms with Crippen molar-refractivity contribution in [2.24, 2.45) is 18.9 Å². The molecule has 0 amide bonds. The molecule has 1 N–H and O–H groups in total. The van der Waals surface area contributed by atoms with Gasteiger partial charge in [-0.25, -0.2) is 0 Å². The topological polar surface area (TPSA) is 29.9 Å². The highest BCUT2D eigenvalue weighted by atomic mass is 15.2. The molecule has 1 aromatic heterocycles. The van der Waals surface area contributed by atoms with Gasteiger partial charge in [-0.3, -0.25) is 4.68 Å². The Bertz CT molecular complexity index is 351. The van der Waals surface area contributed by atoms with Gasteiger partial charge in [0.25, 0.3) is 0 Å². The maximum Gasteiger partial charge on any atom is 0.0537 e. The lowest BCUT2D eigenvalue weighted by Crippen LogP contribution is -2.35. The van der Waals surface area contributed by atoms with Gasteiger partial charge in [0.1, 0.15) is 0 Å². The van der Waals surface area contributed by atoms with Crippen molar-refractivity contribution in [1.82, 2.24) is 15.1 Å². The van der Waals surface area contributed by atoms with Gasteiger partial charge in [-0.2, -0.15) is 5.10 Å². The number of nitrogens with zero attached hydrogens (tertiary/aromatic N) is 2. The average Bonchev–Trinajstić information content (AvgIpc) is 3.14. The van der Waals surface area contributed by atoms with E-state index in [1.165, 1.54) is 31.2 Å². The third kappa shape index (κ3) is 2.14. The Morgan fingerprint density at radius 3 is 2.38 bits per heavy atom. The molecule has 16 heavy (non-hydrogen) atoms. The lowest BCUT2D eigenvalue weighted by Gasteiger charge is -2.22. The number of nitrogens with one attached hydrogen (secondary N) is 1. The highest BCUT2D eigenvalue weighted by Crippen LogP contribution is 2.45. The van der Waals surface area contributed by atoms with Crippen molar-refractivity contribution in [3.05, 3.63) is 18.0 Å². The predicted octanol–water partition coefficient (Wildman–Crippen LogP) is 2.26. The van der Waals surface area contributed by atoms with Gasteiger partial charge in [-0.15, -0.1) is 0 Å². The summed E-state index contributed by atoms with van der Waals surface area (Å²) in [5.41, 5.74) is 1.31. The van der Waals surface area contributed by atoms with Crippen LogP contribution in [0.4, 0.5) is 0 Å². The van der Waals surface area contributed by atoms with Crippen molar-refractivity contribution in [2.45, 2.75) is 44.7 Å². The summed E-state index contributed by atoms with van der Waals surface area (Å²) in [6.07, 6.45) is 9.85. The van der Waals surface area contributed by atoms with E-state index in [9.17, 15) is 0 Å². The highest BCUT2D eigenvalue weighted by molar-refractivity contribution is 5.10. The fourth-order valence-electron chi connectivity index (χ4n) is 2.62. The van der Waals surface area contributed by atoms with Crippen LogP contribution in [0.1, 0.15) is 44.2 Å². The summed E-state index contributed by atoms with van der Waals surface area (Å²) in [5.74, 6) is 1.93. The van der Waals surface area contributed by atoms with Gasteiger partial charge >= 0.3 is 0 Å². The van der Waals surface area contributed by atoms with E-state index in [4.69, 9.17) is 0 Å². The Morgan fingerprint density at radius 2 is 1.94 bits per heavy atom. The zero-order chi connectivity index (χ0) is 11.1. The van der Waals surface area contributed by atoms with E-state index < -0.39 is 0 Å². The van der Waals surface area contributed by atoms with Gasteiger partial charge in [0.2, 0.25) is 0 Å². The normalized spacial score (nSPS) is 22.7. The molecule has 2 aliphatic rings. The van der Waals surface area contributed by atoms with Gasteiger partial charge in [0, 0.05) is 30.9 Å². The van der Waals surface area contributed by atoms with Gasteiger partial charge < -0.3 is 5.32 Å². The standard InChI is InChI=1S/C13H21N3/c1-9(12-7-14-16(2)8-12)15-13(10-3-4-10)11-5-6-11/h7-11,13,15H,3-6H2,1-2H3. The fourth-order valence-corrected chi connectivity index (χ4v) is 2.62. The average molecular weight is 219 g/mol. The molecule has 3 nitrogen and oxygen atoms in total. The molecule has 0 aliphatic heterocycles. The summed E-state index contributed by atoms with van der Waals surface area (Å²) in [7, 11) is 1.98. The van der Waals surface area contributed by atoms with Crippen molar-refractivity contribution >= 4 is 0 Å². The predicted molar refractivity (Wildman–Crippen MR) is 64.0 cm³/mol. The van der Waals surface area contributed by atoms with Crippen LogP contribution in [0, 0.1) is 11.8 Å². The van der Waals surface area contributed by atoms with Crippen LogP contribution in [0.2, 0.25) is 0 Å². The molecule has 1 atom stereocenters. The summed E-state index contributed by atoms with van der Waals surface area (Å²) in [6, 6.07) is 1.22. The summed E-state index contributed by atoms with van der Waals surface area (Å²) < 4.78 is 1.89. The quantitative estimate of drug-likeness (QED) is 0.823. The van der Waals surface area contributed by atoms with E-state index in [0.717, 1.165) is 17.9 Å². The monoisotopic (exact) mass is 219 g/mol. The zero-order valence-electron chi connectivity index (χ0n) is 10.2. The second-order valence-corrected chi connectivity index (χ2v) is 5.54. The molecule has 3 rings (SSSR count). The number of hydrogen-bond donors (Lipinski definition) is 1. The van der Waals surface area contributed by atoms with Crippen LogP contribution in [-0.4, -0.2) is 15.8 Å². The van der Waals surface area contributed by atoms with E-state index in [0.29, 0.717) is 6.04 Å². The van der Waals surface area contributed by atoms with Crippen molar-refractivity contribution < 1.29 is 0 Å². The van der Waals surface area contributed by atoms with E-state index in [1.807, 2.05) is 17.9 Å². The lowest BCUT2D eigenvalue weighted by atomic mass is 10.0. The van der Waals surface area contributed by atoms with Crippen LogP contribution in [0.5, 0.6) is 0 Å². The van der Waals surface area contributed by atoms with Crippen molar-refractivity contribution in [2.75, 3.05) is 0 Å². The van der Waals surface area contributed by atoms with Crippen LogP contribution in [0.3, 0.4) is 0 Å². The van der Waals surface area contributed by atoms with Crippen LogP contribution in [-0.2, 0) is 7.05 Å². The molecular weight excluding hydrogens is 198 g/mol. The van der Waals surface area contributed by atoms with Crippen LogP contribution < -0.4 is 5.32 Å². The molecule has 3 heteroatoms. The number of aryl methyl sites for hydroxylation is 1. The van der Waals surface area contributed by atoms with Crippen LogP contribution in [0.15, 0.2) is 12.4 Å².